The molecule has 1 fully saturated rings. The molecule has 2 amide bonds. The number of nitrogens with two attached hydrogens (primary N) is 1. The van der Waals surface area contributed by atoms with Crippen molar-refractivity contribution < 1.29 is 18.7 Å². The zero-order chi connectivity index (χ0) is 15.2. The van der Waals surface area contributed by atoms with Crippen LogP contribution in [0.15, 0.2) is 24.3 Å². The van der Waals surface area contributed by atoms with E-state index in [1.165, 1.54) is 12.1 Å². The summed E-state index contributed by atoms with van der Waals surface area (Å²) in [6.45, 7) is 1.30. The molecule has 0 unspecified atom stereocenters. The molecular weight excluding hydrogens is 275 g/mol. The second-order valence-corrected chi connectivity index (χ2v) is 5.11. The molecule has 0 saturated carbocycles. The molecule has 2 rings (SSSR count). The van der Waals surface area contributed by atoms with E-state index in [9.17, 15) is 14.0 Å². The van der Waals surface area contributed by atoms with E-state index in [2.05, 4.69) is 0 Å². The molecule has 21 heavy (non-hydrogen) atoms. The first kappa shape index (κ1) is 15.3. The van der Waals surface area contributed by atoms with Gasteiger partial charge in [-0.3, -0.25) is 9.59 Å². The Kier molecular flexibility index (Phi) is 5.14. The largest absolute Gasteiger partial charge is 0.493 e. The van der Waals surface area contributed by atoms with Gasteiger partial charge in [-0.2, -0.15) is 0 Å². The van der Waals surface area contributed by atoms with Gasteiger partial charge in [0.1, 0.15) is 11.6 Å². The summed E-state index contributed by atoms with van der Waals surface area (Å²) in [6, 6.07) is 5.82. The van der Waals surface area contributed by atoms with Gasteiger partial charge >= 0.3 is 0 Å². The zero-order valence-electron chi connectivity index (χ0n) is 11.8. The van der Waals surface area contributed by atoms with E-state index in [1.807, 2.05) is 0 Å². The van der Waals surface area contributed by atoms with E-state index in [4.69, 9.17) is 10.5 Å². The number of ether oxygens (including phenoxy) is 1. The lowest BCUT2D eigenvalue weighted by molar-refractivity contribution is -0.135. The number of hydrogen-bond acceptors (Lipinski definition) is 3. The summed E-state index contributed by atoms with van der Waals surface area (Å²) in [6.07, 6.45) is 1.47. The first-order valence-electron chi connectivity index (χ1n) is 7.01. The fraction of sp³-hybridized carbons (Fsp3) is 0.467. The summed E-state index contributed by atoms with van der Waals surface area (Å²) in [7, 11) is 0. The van der Waals surface area contributed by atoms with Crippen molar-refractivity contribution in [1.29, 1.82) is 0 Å². The Morgan fingerprint density at radius 2 is 2.05 bits per heavy atom. The van der Waals surface area contributed by atoms with Crippen LogP contribution in [0, 0.1) is 11.7 Å². The highest BCUT2D eigenvalue weighted by Gasteiger charge is 2.25. The Hall–Kier alpha value is -2.11. The minimum atomic E-state index is -0.368. The maximum Gasteiger partial charge on any atom is 0.225 e. The topological polar surface area (TPSA) is 72.6 Å². The number of likely N-dealkylation sites (tertiary alicyclic amines) is 1. The number of rotatable bonds is 5. The summed E-state index contributed by atoms with van der Waals surface area (Å²) in [5, 5.41) is 0. The first-order chi connectivity index (χ1) is 10.1. The van der Waals surface area contributed by atoms with Gasteiger partial charge in [-0.05, 0) is 25.0 Å². The highest BCUT2D eigenvalue weighted by atomic mass is 19.1. The van der Waals surface area contributed by atoms with Crippen LogP contribution in [0.25, 0.3) is 0 Å². The van der Waals surface area contributed by atoms with Gasteiger partial charge in [0, 0.05) is 25.1 Å². The van der Waals surface area contributed by atoms with Crippen molar-refractivity contribution in [3.8, 4) is 5.75 Å². The Labute approximate surface area is 122 Å². The molecule has 2 N–H and O–H groups in total. The van der Waals surface area contributed by atoms with E-state index < -0.39 is 0 Å². The van der Waals surface area contributed by atoms with E-state index >= 15 is 0 Å². The Morgan fingerprint density at radius 1 is 1.33 bits per heavy atom. The third kappa shape index (κ3) is 4.44. The summed E-state index contributed by atoms with van der Waals surface area (Å²) in [5.41, 5.74) is 5.25. The lowest BCUT2D eigenvalue weighted by Gasteiger charge is -2.30. The van der Waals surface area contributed by atoms with E-state index in [0.717, 1.165) is 0 Å². The standard InChI is InChI=1S/C15H19FN2O3/c16-12-2-1-3-13(10-12)21-9-6-14(19)18-7-4-11(5-8-18)15(17)20/h1-3,10-11H,4-9H2,(H2,17,20). The number of amides is 2. The van der Waals surface area contributed by atoms with Crippen molar-refractivity contribution in [2.75, 3.05) is 19.7 Å². The molecular formula is C15H19FN2O3. The average Bonchev–Trinajstić information content (AvgIpc) is 2.47. The van der Waals surface area contributed by atoms with E-state index in [0.29, 0.717) is 31.7 Å². The maximum absolute atomic E-state index is 13.0. The molecule has 114 valence electrons. The maximum atomic E-state index is 13.0. The minimum Gasteiger partial charge on any atom is -0.493 e. The second-order valence-electron chi connectivity index (χ2n) is 5.11. The lowest BCUT2D eigenvalue weighted by Crippen LogP contribution is -2.42. The van der Waals surface area contributed by atoms with Crippen LogP contribution in [0.2, 0.25) is 0 Å². The first-order valence-corrected chi connectivity index (χ1v) is 7.01. The molecule has 0 aromatic heterocycles. The summed E-state index contributed by atoms with van der Waals surface area (Å²) in [5.74, 6) is -0.397. The van der Waals surface area contributed by atoms with Crippen molar-refractivity contribution in [1.82, 2.24) is 4.90 Å². The zero-order valence-corrected chi connectivity index (χ0v) is 11.8. The molecule has 1 aliphatic rings. The highest BCUT2D eigenvalue weighted by Crippen LogP contribution is 2.17. The average molecular weight is 294 g/mol. The number of benzene rings is 1. The number of hydrogen-bond donors (Lipinski definition) is 1. The number of nitrogens with zero attached hydrogens (tertiary/aromatic N) is 1. The van der Waals surface area contributed by atoms with Gasteiger partial charge in [-0.15, -0.1) is 0 Å². The van der Waals surface area contributed by atoms with Crippen molar-refractivity contribution in [2.24, 2.45) is 11.7 Å². The van der Waals surface area contributed by atoms with E-state index in [-0.39, 0.29) is 36.6 Å². The molecule has 0 atom stereocenters. The minimum absolute atomic E-state index is 0.0191. The molecule has 1 aromatic carbocycles. The number of primary amides is 1. The van der Waals surface area contributed by atoms with Gasteiger partial charge in [0.15, 0.2) is 0 Å². The number of piperidine rings is 1. The van der Waals surface area contributed by atoms with Gasteiger partial charge in [0.2, 0.25) is 11.8 Å². The van der Waals surface area contributed by atoms with Crippen LogP contribution in [-0.4, -0.2) is 36.4 Å². The molecule has 0 aliphatic carbocycles. The molecule has 0 spiro atoms. The number of halogens is 1. The van der Waals surface area contributed by atoms with Crippen LogP contribution in [0.5, 0.6) is 5.75 Å². The number of carbonyl (C=O) groups is 2. The molecule has 1 aliphatic heterocycles. The van der Waals surface area contributed by atoms with Crippen LogP contribution in [0.4, 0.5) is 4.39 Å². The number of carbonyl (C=O) groups excluding carboxylic acids is 2. The van der Waals surface area contributed by atoms with Gasteiger partial charge in [0.05, 0.1) is 13.0 Å². The fourth-order valence-corrected chi connectivity index (χ4v) is 2.38. The molecule has 0 bridgehead atoms. The summed E-state index contributed by atoms with van der Waals surface area (Å²) < 4.78 is 18.3. The van der Waals surface area contributed by atoms with Crippen LogP contribution in [0.3, 0.4) is 0 Å². The van der Waals surface area contributed by atoms with Gasteiger partial charge in [-0.1, -0.05) is 6.07 Å². The monoisotopic (exact) mass is 294 g/mol. The predicted molar refractivity (Wildman–Crippen MR) is 75.0 cm³/mol. The van der Waals surface area contributed by atoms with Crippen LogP contribution in [0.1, 0.15) is 19.3 Å². The lowest BCUT2D eigenvalue weighted by atomic mass is 9.96. The fourth-order valence-electron chi connectivity index (χ4n) is 2.38. The molecule has 6 heteroatoms. The highest BCUT2D eigenvalue weighted by molar-refractivity contribution is 5.78. The van der Waals surface area contributed by atoms with Crippen molar-refractivity contribution >= 4 is 11.8 Å². The third-order valence-electron chi connectivity index (χ3n) is 3.63. The predicted octanol–water partition coefficient (Wildman–Crippen LogP) is 1.32. The van der Waals surface area contributed by atoms with Gasteiger partial charge in [-0.25, -0.2) is 4.39 Å². The molecule has 0 radical (unpaired) electrons. The van der Waals surface area contributed by atoms with Crippen LogP contribution < -0.4 is 10.5 Å². The third-order valence-corrected chi connectivity index (χ3v) is 3.63. The summed E-state index contributed by atoms with van der Waals surface area (Å²) >= 11 is 0. The Bertz CT molecular complexity index is 513. The summed E-state index contributed by atoms with van der Waals surface area (Å²) in [4.78, 5) is 24.8. The van der Waals surface area contributed by atoms with Gasteiger partial charge in [0.25, 0.3) is 0 Å². The molecule has 5 nitrogen and oxygen atoms in total. The Balaban J connectivity index is 1.72. The van der Waals surface area contributed by atoms with Gasteiger partial charge < -0.3 is 15.4 Å². The van der Waals surface area contributed by atoms with Crippen molar-refractivity contribution in [2.45, 2.75) is 19.3 Å². The second kappa shape index (κ2) is 7.06. The Morgan fingerprint density at radius 3 is 2.67 bits per heavy atom. The van der Waals surface area contributed by atoms with Crippen LogP contribution >= 0.6 is 0 Å². The molecule has 1 aromatic rings. The molecule has 1 saturated heterocycles. The van der Waals surface area contributed by atoms with Crippen molar-refractivity contribution in [3.63, 3.8) is 0 Å². The normalized spacial score (nSPS) is 15.8. The van der Waals surface area contributed by atoms with Crippen LogP contribution in [-0.2, 0) is 9.59 Å². The van der Waals surface area contributed by atoms with E-state index in [1.54, 1.807) is 17.0 Å². The SMILES string of the molecule is NC(=O)C1CCN(C(=O)CCOc2cccc(F)c2)CC1. The van der Waals surface area contributed by atoms with Crippen molar-refractivity contribution in [3.05, 3.63) is 30.1 Å². The quantitative estimate of drug-likeness (QED) is 0.890. The molecule has 1 heterocycles. The smallest absolute Gasteiger partial charge is 0.225 e.